The van der Waals surface area contributed by atoms with Crippen molar-refractivity contribution in [1.29, 1.82) is 0 Å². The van der Waals surface area contributed by atoms with Gasteiger partial charge in [-0.15, -0.1) is 0 Å². The summed E-state index contributed by atoms with van der Waals surface area (Å²) in [5.74, 6) is -0.291. The molecular weight excluding hydrogens is 344 g/mol. The van der Waals surface area contributed by atoms with Gasteiger partial charge in [-0.2, -0.15) is 0 Å². The van der Waals surface area contributed by atoms with E-state index in [2.05, 4.69) is 21.0 Å². The summed E-state index contributed by atoms with van der Waals surface area (Å²) in [5.41, 5.74) is 1.54. The lowest BCUT2D eigenvalue weighted by atomic mass is 10.0. The number of rotatable bonds is 3. The fraction of sp³-hybridized carbons (Fsp3) is 0.0588. The Bertz CT molecular complexity index is 895. The Balaban J connectivity index is 2.14. The molecule has 1 N–H and O–H groups in total. The van der Waals surface area contributed by atoms with E-state index >= 15 is 0 Å². The van der Waals surface area contributed by atoms with Gasteiger partial charge >= 0.3 is 0 Å². The van der Waals surface area contributed by atoms with Crippen LogP contribution in [0.5, 0.6) is 0 Å². The van der Waals surface area contributed by atoms with Gasteiger partial charge in [0.15, 0.2) is 0 Å². The Kier molecular flexibility index (Phi) is 3.81. The molecule has 0 aliphatic rings. The van der Waals surface area contributed by atoms with Crippen LogP contribution in [0.2, 0.25) is 0 Å². The van der Waals surface area contributed by atoms with Crippen molar-refractivity contribution in [2.75, 3.05) is 0 Å². The first-order chi connectivity index (χ1) is 10.6. The Morgan fingerprint density at radius 3 is 2.36 bits per heavy atom. The zero-order chi connectivity index (χ0) is 15.7. The van der Waals surface area contributed by atoms with Crippen LogP contribution in [-0.4, -0.2) is 15.6 Å². The molecule has 0 saturated carbocycles. The molecule has 0 saturated heterocycles. The number of para-hydroxylation sites is 1. The van der Waals surface area contributed by atoms with Gasteiger partial charge in [0.05, 0.1) is 5.69 Å². The molecule has 0 fully saturated rings. The van der Waals surface area contributed by atoms with Crippen LogP contribution in [0, 0.1) is 6.92 Å². The SMILES string of the molecule is Cc1[nH]n(-c2ccccc2)c(=O)c1C(=O)c1ccccc1Br. The second-order valence-corrected chi connectivity index (χ2v) is 5.75. The van der Waals surface area contributed by atoms with E-state index in [4.69, 9.17) is 0 Å². The lowest BCUT2D eigenvalue weighted by molar-refractivity contribution is 0.103. The largest absolute Gasteiger partial charge is 0.295 e. The van der Waals surface area contributed by atoms with Crippen molar-refractivity contribution in [3.8, 4) is 5.69 Å². The molecule has 0 atom stereocenters. The third kappa shape index (κ3) is 2.44. The summed E-state index contributed by atoms with van der Waals surface area (Å²) in [6.07, 6.45) is 0. The predicted octanol–water partition coefficient (Wildman–Crippen LogP) is 3.47. The van der Waals surface area contributed by atoms with Gasteiger partial charge in [-0.05, 0) is 31.2 Å². The third-order valence-corrected chi connectivity index (χ3v) is 4.12. The molecule has 0 unspecified atom stereocenters. The number of aromatic nitrogens is 2. The zero-order valence-corrected chi connectivity index (χ0v) is 13.4. The minimum absolute atomic E-state index is 0.163. The molecule has 22 heavy (non-hydrogen) atoms. The Hall–Kier alpha value is -2.40. The number of halogens is 1. The highest BCUT2D eigenvalue weighted by Crippen LogP contribution is 2.20. The summed E-state index contributed by atoms with van der Waals surface area (Å²) < 4.78 is 2.06. The summed E-state index contributed by atoms with van der Waals surface area (Å²) >= 11 is 3.36. The first-order valence-corrected chi connectivity index (χ1v) is 7.55. The fourth-order valence-electron chi connectivity index (χ4n) is 2.35. The Morgan fingerprint density at radius 1 is 1.05 bits per heavy atom. The highest BCUT2D eigenvalue weighted by atomic mass is 79.9. The Labute approximate surface area is 135 Å². The third-order valence-electron chi connectivity index (χ3n) is 3.43. The van der Waals surface area contributed by atoms with Crippen LogP contribution >= 0.6 is 15.9 Å². The molecular formula is C17H13BrN2O2. The highest BCUT2D eigenvalue weighted by Gasteiger charge is 2.22. The number of hydrogen-bond acceptors (Lipinski definition) is 2. The molecule has 110 valence electrons. The average Bonchev–Trinajstić information content (AvgIpc) is 2.83. The van der Waals surface area contributed by atoms with Gasteiger partial charge in [0, 0.05) is 15.7 Å². The summed E-state index contributed by atoms with van der Waals surface area (Å²) in [5, 5.41) is 2.97. The quantitative estimate of drug-likeness (QED) is 0.730. The Morgan fingerprint density at radius 2 is 1.68 bits per heavy atom. The van der Waals surface area contributed by atoms with Crippen molar-refractivity contribution in [1.82, 2.24) is 9.78 Å². The smallest absolute Gasteiger partial charge is 0.282 e. The van der Waals surface area contributed by atoms with Gasteiger partial charge < -0.3 is 0 Å². The molecule has 3 rings (SSSR count). The number of ketones is 1. The summed E-state index contributed by atoms with van der Waals surface area (Å²) in [4.78, 5) is 25.3. The lowest BCUT2D eigenvalue weighted by Crippen LogP contribution is -2.21. The van der Waals surface area contributed by atoms with Crippen LogP contribution in [-0.2, 0) is 0 Å². The molecule has 0 amide bonds. The van der Waals surface area contributed by atoms with Crippen LogP contribution in [0.1, 0.15) is 21.6 Å². The maximum absolute atomic E-state index is 12.7. The topological polar surface area (TPSA) is 54.9 Å². The van der Waals surface area contributed by atoms with E-state index in [-0.39, 0.29) is 16.9 Å². The van der Waals surface area contributed by atoms with Gasteiger partial charge in [-0.3, -0.25) is 14.7 Å². The maximum atomic E-state index is 12.7. The second kappa shape index (κ2) is 5.77. The number of aromatic amines is 1. The molecule has 1 heterocycles. The number of carbonyl (C=O) groups excluding carboxylic acids is 1. The molecule has 0 bridgehead atoms. The summed E-state index contributed by atoms with van der Waals surface area (Å²) in [6.45, 7) is 1.73. The number of aryl methyl sites for hydroxylation is 1. The van der Waals surface area contributed by atoms with Crippen molar-refractivity contribution >= 4 is 21.7 Å². The second-order valence-electron chi connectivity index (χ2n) is 4.90. The average molecular weight is 357 g/mol. The van der Waals surface area contributed by atoms with Crippen molar-refractivity contribution in [2.45, 2.75) is 6.92 Å². The van der Waals surface area contributed by atoms with Crippen LogP contribution in [0.25, 0.3) is 5.69 Å². The minimum atomic E-state index is -0.343. The first-order valence-electron chi connectivity index (χ1n) is 6.76. The van der Waals surface area contributed by atoms with E-state index < -0.39 is 0 Å². The van der Waals surface area contributed by atoms with Crippen LogP contribution in [0.3, 0.4) is 0 Å². The van der Waals surface area contributed by atoms with E-state index in [9.17, 15) is 9.59 Å². The molecule has 0 aliphatic carbocycles. The number of nitrogens with one attached hydrogen (secondary N) is 1. The van der Waals surface area contributed by atoms with E-state index in [0.29, 0.717) is 21.4 Å². The summed E-state index contributed by atoms with van der Waals surface area (Å²) in [7, 11) is 0. The maximum Gasteiger partial charge on any atom is 0.282 e. The number of hydrogen-bond donors (Lipinski definition) is 1. The van der Waals surface area contributed by atoms with Gasteiger partial charge in [-0.1, -0.05) is 46.3 Å². The summed E-state index contributed by atoms with van der Waals surface area (Å²) in [6, 6.07) is 16.3. The number of nitrogens with zero attached hydrogens (tertiary/aromatic N) is 1. The molecule has 4 nitrogen and oxygen atoms in total. The van der Waals surface area contributed by atoms with Crippen LogP contribution in [0.15, 0.2) is 63.9 Å². The number of benzene rings is 2. The van der Waals surface area contributed by atoms with Gasteiger partial charge in [0.2, 0.25) is 5.78 Å². The van der Waals surface area contributed by atoms with E-state index in [1.807, 2.05) is 36.4 Å². The molecule has 3 aromatic rings. The predicted molar refractivity (Wildman–Crippen MR) is 88.7 cm³/mol. The number of H-pyrrole nitrogens is 1. The highest BCUT2D eigenvalue weighted by molar-refractivity contribution is 9.10. The van der Waals surface area contributed by atoms with E-state index in [1.54, 1.807) is 25.1 Å². The molecule has 0 aliphatic heterocycles. The molecule has 2 aromatic carbocycles. The molecule has 0 radical (unpaired) electrons. The fourth-order valence-corrected chi connectivity index (χ4v) is 2.82. The molecule has 1 aromatic heterocycles. The van der Waals surface area contributed by atoms with Gasteiger partial charge in [-0.25, -0.2) is 4.68 Å². The van der Waals surface area contributed by atoms with Crippen molar-refractivity contribution in [3.63, 3.8) is 0 Å². The minimum Gasteiger partial charge on any atom is -0.295 e. The zero-order valence-electron chi connectivity index (χ0n) is 11.8. The molecule has 5 heteroatoms. The van der Waals surface area contributed by atoms with E-state index in [0.717, 1.165) is 0 Å². The van der Waals surface area contributed by atoms with Crippen LogP contribution < -0.4 is 5.56 Å². The first kappa shape index (κ1) is 14.5. The normalized spacial score (nSPS) is 10.6. The standard InChI is InChI=1S/C17H13BrN2O2/c1-11-15(16(21)13-9-5-6-10-14(13)18)17(22)20(19-11)12-7-3-2-4-8-12/h2-10,19H,1H3. The van der Waals surface area contributed by atoms with Crippen LogP contribution in [0.4, 0.5) is 0 Å². The van der Waals surface area contributed by atoms with Gasteiger partial charge in [0.25, 0.3) is 5.56 Å². The molecule has 0 spiro atoms. The van der Waals surface area contributed by atoms with E-state index in [1.165, 1.54) is 4.68 Å². The van der Waals surface area contributed by atoms with Crippen molar-refractivity contribution in [2.24, 2.45) is 0 Å². The van der Waals surface area contributed by atoms with Gasteiger partial charge in [0.1, 0.15) is 5.56 Å². The van der Waals surface area contributed by atoms with Crippen molar-refractivity contribution < 1.29 is 4.79 Å². The lowest BCUT2D eigenvalue weighted by Gasteiger charge is -2.01. The monoisotopic (exact) mass is 356 g/mol. The number of carbonyl (C=O) groups is 1. The van der Waals surface area contributed by atoms with Crippen molar-refractivity contribution in [3.05, 3.63) is 86.2 Å².